The molecule has 2 heterocycles. The predicted octanol–water partition coefficient (Wildman–Crippen LogP) is 2.08. The summed E-state index contributed by atoms with van der Waals surface area (Å²) in [6, 6.07) is 2.52. The monoisotopic (exact) mass is 265 g/mol. The molecule has 110 valence electrons. The summed E-state index contributed by atoms with van der Waals surface area (Å²) < 4.78 is 0. The molecule has 0 aromatic rings. The molecule has 2 aliphatic heterocycles. The number of nitrogens with one attached hydrogen (secondary N) is 1. The van der Waals surface area contributed by atoms with Crippen molar-refractivity contribution in [1.82, 2.24) is 15.1 Å². The van der Waals surface area contributed by atoms with Gasteiger partial charge < -0.3 is 5.32 Å². The van der Waals surface area contributed by atoms with Gasteiger partial charge in [-0.05, 0) is 65.1 Å². The number of hydrogen-bond acceptors (Lipinski definition) is 3. The van der Waals surface area contributed by atoms with Crippen molar-refractivity contribution in [3.8, 4) is 0 Å². The van der Waals surface area contributed by atoms with Gasteiger partial charge in [0, 0.05) is 31.2 Å². The molecule has 0 amide bonds. The van der Waals surface area contributed by atoms with E-state index in [4.69, 9.17) is 0 Å². The zero-order chi connectivity index (χ0) is 13.1. The number of rotatable bonds is 6. The summed E-state index contributed by atoms with van der Waals surface area (Å²) in [6.45, 7) is 8.98. The highest BCUT2D eigenvalue weighted by molar-refractivity contribution is 4.89. The molecule has 3 rings (SSSR count). The van der Waals surface area contributed by atoms with E-state index in [0.717, 1.165) is 18.1 Å². The standard InChI is InChI=1S/C16H31N3/c1-14-12-19-11-4-2-6-16(19)13-18(14)10-5-3-9-17-15-7-8-15/h14-17H,2-13H2,1H3. The van der Waals surface area contributed by atoms with Gasteiger partial charge in [-0.1, -0.05) is 6.42 Å². The minimum Gasteiger partial charge on any atom is -0.314 e. The van der Waals surface area contributed by atoms with Crippen molar-refractivity contribution < 1.29 is 0 Å². The number of hydrogen-bond donors (Lipinski definition) is 1. The fraction of sp³-hybridized carbons (Fsp3) is 1.00. The Labute approximate surface area is 118 Å². The van der Waals surface area contributed by atoms with Crippen molar-refractivity contribution in [1.29, 1.82) is 0 Å². The van der Waals surface area contributed by atoms with Gasteiger partial charge in [0.15, 0.2) is 0 Å². The molecule has 0 radical (unpaired) electrons. The van der Waals surface area contributed by atoms with Crippen molar-refractivity contribution in [2.24, 2.45) is 0 Å². The predicted molar refractivity (Wildman–Crippen MR) is 80.5 cm³/mol. The normalized spacial score (nSPS) is 33.3. The van der Waals surface area contributed by atoms with Gasteiger partial charge in [-0.3, -0.25) is 9.80 Å². The van der Waals surface area contributed by atoms with Gasteiger partial charge in [-0.2, -0.15) is 0 Å². The van der Waals surface area contributed by atoms with Crippen LogP contribution in [0.4, 0.5) is 0 Å². The molecule has 3 aliphatic rings. The van der Waals surface area contributed by atoms with Gasteiger partial charge in [0.05, 0.1) is 0 Å². The van der Waals surface area contributed by atoms with Crippen LogP contribution in [0.15, 0.2) is 0 Å². The molecule has 0 aromatic heterocycles. The number of unbranched alkanes of at least 4 members (excludes halogenated alkanes) is 1. The van der Waals surface area contributed by atoms with Crippen LogP contribution in [-0.4, -0.2) is 60.6 Å². The molecule has 2 saturated heterocycles. The lowest BCUT2D eigenvalue weighted by atomic mass is 9.97. The molecule has 2 atom stereocenters. The Morgan fingerprint density at radius 3 is 2.79 bits per heavy atom. The molecule has 0 aromatic carbocycles. The number of fused-ring (bicyclic) bond motifs is 1. The van der Waals surface area contributed by atoms with E-state index in [0.29, 0.717) is 0 Å². The van der Waals surface area contributed by atoms with E-state index in [1.807, 2.05) is 0 Å². The van der Waals surface area contributed by atoms with Crippen LogP contribution < -0.4 is 5.32 Å². The van der Waals surface area contributed by atoms with Crippen LogP contribution in [0.25, 0.3) is 0 Å². The molecule has 0 bridgehead atoms. The van der Waals surface area contributed by atoms with E-state index in [1.54, 1.807) is 0 Å². The highest BCUT2D eigenvalue weighted by Gasteiger charge is 2.32. The summed E-state index contributed by atoms with van der Waals surface area (Å²) in [7, 11) is 0. The van der Waals surface area contributed by atoms with Crippen LogP contribution in [0.2, 0.25) is 0 Å². The Balaban J connectivity index is 1.34. The van der Waals surface area contributed by atoms with Gasteiger partial charge in [0.2, 0.25) is 0 Å². The molecule has 0 spiro atoms. The van der Waals surface area contributed by atoms with Crippen LogP contribution in [0.5, 0.6) is 0 Å². The van der Waals surface area contributed by atoms with Crippen LogP contribution in [-0.2, 0) is 0 Å². The average Bonchev–Trinajstić information content (AvgIpc) is 3.23. The smallest absolute Gasteiger partial charge is 0.0223 e. The number of piperazine rings is 1. The van der Waals surface area contributed by atoms with E-state index in [9.17, 15) is 0 Å². The first-order chi connectivity index (χ1) is 9.33. The van der Waals surface area contributed by atoms with E-state index in [1.165, 1.54) is 77.7 Å². The molecule has 1 saturated carbocycles. The van der Waals surface area contributed by atoms with E-state index in [-0.39, 0.29) is 0 Å². The summed E-state index contributed by atoms with van der Waals surface area (Å²) in [5, 5.41) is 3.62. The van der Waals surface area contributed by atoms with Gasteiger partial charge in [0.1, 0.15) is 0 Å². The summed E-state index contributed by atoms with van der Waals surface area (Å²) in [6.07, 6.45) is 9.88. The van der Waals surface area contributed by atoms with Crippen molar-refractivity contribution in [2.45, 2.75) is 70.0 Å². The lowest BCUT2D eigenvalue weighted by Gasteiger charge is -2.47. The van der Waals surface area contributed by atoms with Crippen molar-refractivity contribution in [3.05, 3.63) is 0 Å². The van der Waals surface area contributed by atoms with E-state index >= 15 is 0 Å². The van der Waals surface area contributed by atoms with Crippen LogP contribution in [0, 0.1) is 0 Å². The topological polar surface area (TPSA) is 18.5 Å². The largest absolute Gasteiger partial charge is 0.314 e. The third-order valence-electron chi connectivity index (χ3n) is 5.20. The third-order valence-corrected chi connectivity index (χ3v) is 5.20. The maximum absolute atomic E-state index is 3.62. The molecule has 2 unspecified atom stereocenters. The maximum Gasteiger partial charge on any atom is 0.0223 e. The van der Waals surface area contributed by atoms with Crippen LogP contribution >= 0.6 is 0 Å². The minimum atomic E-state index is 0.769. The summed E-state index contributed by atoms with van der Waals surface area (Å²) in [4.78, 5) is 5.50. The Kier molecular flexibility index (Phi) is 4.78. The van der Waals surface area contributed by atoms with Gasteiger partial charge in [-0.25, -0.2) is 0 Å². The number of piperidine rings is 1. The Hall–Kier alpha value is -0.120. The summed E-state index contributed by atoms with van der Waals surface area (Å²) >= 11 is 0. The fourth-order valence-corrected chi connectivity index (χ4v) is 3.76. The summed E-state index contributed by atoms with van der Waals surface area (Å²) in [5.74, 6) is 0. The molecular formula is C16H31N3. The van der Waals surface area contributed by atoms with Gasteiger partial charge in [-0.15, -0.1) is 0 Å². The molecular weight excluding hydrogens is 234 g/mol. The van der Waals surface area contributed by atoms with E-state index < -0.39 is 0 Å². The molecule has 3 fully saturated rings. The second-order valence-electron chi connectivity index (χ2n) is 6.92. The Morgan fingerprint density at radius 2 is 1.95 bits per heavy atom. The molecule has 3 nitrogen and oxygen atoms in total. The van der Waals surface area contributed by atoms with Crippen LogP contribution in [0.3, 0.4) is 0 Å². The van der Waals surface area contributed by atoms with Crippen LogP contribution in [0.1, 0.15) is 51.9 Å². The zero-order valence-corrected chi connectivity index (χ0v) is 12.6. The highest BCUT2D eigenvalue weighted by atomic mass is 15.3. The highest BCUT2D eigenvalue weighted by Crippen LogP contribution is 2.24. The Bertz CT molecular complexity index is 277. The summed E-state index contributed by atoms with van der Waals surface area (Å²) in [5.41, 5.74) is 0. The quantitative estimate of drug-likeness (QED) is 0.742. The van der Waals surface area contributed by atoms with E-state index in [2.05, 4.69) is 22.0 Å². The van der Waals surface area contributed by atoms with Crippen molar-refractivity contribution in [3.63, 3.8) is 0 Å². The molecule has 1 N–H and O–H groups in total. The zero-order valence-electron chi connectivity index (χ0n) is 12.6. The maximum atomic E-state index is 3.62. The molecule has 1 aliphatic carbocycles. The first-order valence-electron chi connectivity index (χ1n) is 8.54. The first kappa shape index (κ1) is 13.8. The lowest BCUT2D eigenvalue weighted by Crippen LogP contribution is -2.58. The lowest BCUT2D eigenvalue weighted by molar-refractivity contribution is 0.0147. The first-order valence-corrected chi connectivity index (χ1v) is 8.54. The Morgan fingerprint density at radius 1 is 1.05 bits per heavy atom. The molecule has 19 heavy (non-hydrogen) atoms. The number of nitrogens with zero attached hydrogens (tertiary/aromatic N) is 2. The molecule has 3 heteroatoms. The van der Waals surface area contributed by atoms with Gasteiger partial charge in [0.25, 0.3) is 0 Å². The van der Waals surface area contributed by atoms with Crippen molar-refractivity contribution in [2.75, 3.05) is 32.7 Å². The van der Waals surface area contributed by atoms with Crippen molar-refractivity contribution >= 4 is 0 Å². The second kappa shape index (κ2) is 6.55. The fourth-order valence-electron chi connectivity index (χ4n) is 3.76. The SMILES string of the molecule is CC1CN2CCCCC2CN1CCCCNC1CC1. The second-order valence-corrected chi connectivity index (χ2v) is 6.92. The van der Waals surface area contributed by atoms with Gasteiger partial charge >= 0.3 is 0 Å². The average molecular weight is 265 g/mol. The third kappa shape index (κ3) is 3.93. The minimum absolute atomic E-state index is 0.769.